The number of benzene rings is 1. The van der Waals surface area contributed by atoms with Crippen LogP contribution in [0.3, 0.4) is 0 Å². The average molecular weight is 268 g/mol. The maximum atomic E-state index is 11.8. The molecule has 98 valence electrons. The Morgan fingerprint density at radius 2 is 2.11 bits per heavy atom. The third-order valence-electron chi connectivity index (χ3n) is 2.71. The highest BCUT2D eigenvalue weighted by atomic mass is 32.2. The highest BCUT2D eigenvalue weighted by Gasteiger charge is 2.29. The molecular formula is C12H16N2O3S. The molecule has 6 heteroatoms. The van der Waals surface area contributed by atoms with Gasteiger partial charge >= 0.3 is 0 Å². The van der Waals surface area contributed by atoms with Gasteiger partial charge in [0.2, 0.25) is 0 Å². The number of rotatable bonds is 4. The summed E-state index contributed by atoms with van der Waals surface area (Å²) in [6.45, 7) is 2.22. The molecule has 2 N–H and O–H groups in total. The van der Waals surface area contributed by atoms with Crippen LogP contribution in [0, 0.1) is 0 Å². The number of fused-ring (bicyclic) bond motifs is 1. The zero-order valence-corrected chi connectivity index (χ0v) is 10.9. The first-order valence-corrected chi connectivity index (χ1v) is 7.34. The molecule has 18 heavy (non-hydrogen) atoms. The maximum Gasteiger partial charge on any atom is 0.263 e. The van der Waals surface area contributed by atoms with E-state index in [0.29, 0.717) is 24.4 Å². The van der Waals surface area contributed by atoms with Crippen molar-refractivity contribution in [2.24, 2.45) is 4.99 Å². The van der Waals surface area contributed by atoms with E-state index in [2.05, 4.69) is 9.71 Å². The number of amidine groups is 1. The van der Waals surface area contributed by atoms with E-state index < -0.39 is 10.0 Å². The second-order valence-corrected chi connectivity index (χ2v) is 5.97. The standard InChI is InChI=1S/C12H16N2O3S/c1-9(15)5-4-8-13-12-10-6-2-3-7-11(10)18(16,17)14-12/h2-3,6-7,9,15H,4-5,8H2,1H3,(H,13,14). The first-order chi connectivity index (χ1) is 8.50. The molecule has 0 radical (unpaired) electrons. The van der Waals surface area contributed by atoms with Crippen molar-refractivity contribution in [2.45, 2.75) is 30.8 Å². The quantitative estimate of drug-likeness (QED) is 0.796. The second-order valence-electron chi connectivity index (χ2n) is 4.32. The monoisotopic (exact) mass is 268 g/mol. The van der Waals surface area contributed by atoms with Crippen molar-refractivity contribution in [3.63, 3.8) is 0 Å². The molecular weight excluding hydrogens is 252 g/mol. The van der Waals surface area contributed by atoms with E-state index in [0.717, 1.165) is 6.42 Å². The fraction of sp³-hybridized carbons (Fsp3) is 0.417. The minimum Gasteiger partial charge on any atom is -0.393 e. The molecule has 0 spiro atoms. The number of hydrogen-bond donors (Lipinski definition) is 2. The van der Waals surface area contributed by atoms with Gasteiger partial charge in [0.15, 0.2) is 0 Å². The van der Waals surface area contributed by atoms with Crippen LogP contribution in [0.4, 0.5) is 0 Å². The second kappa shape index (κ2) is 5.07. The van der Waals surface area contributed by atoms with Gasteiger partial charge in [0.25, 0.3) is 10.0 Å². The molecule has 1 heterocycles. The number of aliphatic imine (C=N–C) groups is 1. The van der Waals surface area contributed by atoms with Crippen LogP contribution in [-0.4, -0.2) is 32.0 Å². The number of aliphatic hydroxyl groups is 1. The topological polar surface area (TPSA) is 78.8 Å². The van der Waals surface area contributed by atoms with Crippen molar-refractivity contribution in [2.75, 3.05) is 6.54 Å². The van der Waals surface area contributed by atoms with Gasteiger partial charge in [-0.3, -0.25) is 9.71 Å². The number of sulfonamides is 1. The molecule has 0 saturated carbocycles. The van der Waals surface area contributed by atoms with Crippen molar-refractivity contribution in [3.8, 4) is 0 Å². The lowest BCUT2D eigenvalue weighted by Crippen LogP contribution is -2.22. The summed E-state index contributed by atoms with van der Waals surface area (Å²) >= 11 is 0. The Hall–Kier alpha value is -1.40. The van der Waals surface area contributed by atoms with Gasteiger partial charge in [-0.1, -0.05) is 12.1 Å². The van der Waals surface area contributed by atoms with Crippen molar-refractivity contribution >= 4 is 15.9 Å². The Morgan fingerprint density at radius 3 is 2.83 bits per heavy atom. The van der Waals surface area contributed by atoms with Crippen LogP contribution in [0.2, 0.25) is 0 Å². The third kappa shape index (κ3) is 2.70. The summed E-state index contributed by atoms with van der Waals surface area (Å²) in [5.41, 5.74) is 0.620. The lowest BCUT2D eigenvalue weighted by molar-refractivity contribution is 0.182. The SMILES string of the molecule is CC(O)CCCN=C1NS(=O)(=O)c2ccccc21. The van der Waals surface area contributed by atoms with E-state index in [1.54, 1.807) is 31.2 Å². The number of nitrogens with zero attached hydrogens (tertiary/aromatic N) is 1. The first kappa shape index (κ1) is 13.0. The number of hydrogen-bond acceptors (Lipinski definition) is 4. The van der Waals surface area contributed by atoms with Crippen molar-refractivity contribution in [1.29, 1.82) is 0 Å². The fourth-order valence-corrected chi connectivity index (χ4v) is 3.08. The van der Waals surface area contributed by atoms with Gasteiger partial charge in [-0.2, -0.15) is 0 Å². The lowest BCUT2D eigenvalue weighted by atomic mass is 10.2. The Bertz CT molecular complexity index is 564. The molecule has 0 bridgehead atoms. The summed E-state index contributed by atoms with van der Waals surface area (Å²) in [6, 6.07) is 6.78. The predicted octanol–water partition coefficient (Wildman–Crippen LogP) is 0.886. The van der Waals surface area contributed by atoms with E-state index in [-0.39, 0.29) is 11.0 Å². The number of nitrogens with one attached hydrogen (secondary N) is 1. The maximum absolute atomic E-state index is 11.8. The summed E-state index contributed by atoms with van der Waals surface area (Å²) in [4.78, 5) is 4.52. The van der Waals surface area contributed by atoms with Gasteiger partial charge < -0.3 is 5.11 Å². The van der Waals surface area contributed by atoms with Gasteiger partial charge in [0.1, 0.15) is 5.84 Å². The van der Waals surface area contributed by atoms with E-state index in [9.17, 15) is 8.42 Å². The summed E-state index contributed by atoms with van der Waals surface area (Å²) < 4.78 is 26.0. The lowest BCUT2D eigenvalue weighted by Gasteiger charge is -2.02. The average Bonchev–Trinajstić information content (AvgIpc) is 2.57. The zero-order chi connectivity index (χ0) is 13.2. The molecule has 0 amide bonds. The summed E-state index contributed by atoms with van der Waals surface area (Å²) in [5.74, 6) is 0.399. The van der Waals surface area contributed by atoms with Gasteiger partial charge in [0, 0.05) is 12.1 Å². The normalized spacial score (nSPS) is 20.4. The first-order valence-electron chi connectivity index (χ1n) is 5.85. The van der Waals surface area contributed by atoms with Crippen molar-refractivity contribution in [3.05, 3.63) is 29.8 Å². The largest absolute Gasteiger partial charge is 0.393 e. The van der Waals surface area contributed by atoms with Crippen LogP contribution < -0.4 is 4.72 Å². The van der Waals surface area contributed by atoms with Crippen LogP contribution in [0.5, 0.6) is 0 Å². The highest BCUT2D eigenvalue weighted by molar-refractivity contribution is 7.90. The van der Waals surface area contributed by atoms with Crippen molar-refractivity contribution < 1.29 is 13.5 Å². The van der Waals surface area contributed by atoms with Gasteiger partial charge in [-0.25, -0.2) is 8.42 Å². The molecule has 1 aromatic rings. The molecule has 5 nitrogen and oxygen atoms in total. The molecule has 2 rings (SSSR count). The molecule has 1 unspecified atom stereocenters. The predicted molar refractivity (Wildman–Crippen MR) is 69.1 cm³/mol. The molecule has 1 aliphatic heterocycles. The molecule has 0 aromatic heterocycles. The zero-order valence-electron chi connectivity index (χ0n) is 10.1. The van der Waals surface area contributed by atoms with Gasteiger partial charge in [-0.15, -0.1) is 0 Å². The summed E-state index contributed by atoms with van der Waals surface area (Å²) in [5, 5.41) is 9.13. The van der Waals surface area contributed by atoms with Crippen LogP contribution in [0.1, 0.15) is 25.3 Å². The van der Waals surface area contributed by atoms with E-state index in [1.165, 1.54) is 0 Å². The minimum absolute atomic E-state index is 0.277. The summed E-state index contributed by atoms with van der Waals surface area (Å²) in [7, 11) is -3.44. The van der Waals surface area contributed by atoms with Crippen LogP contribution in [-0.2, 0) is 10.0 Å². The molecule has 0 fully saturated rings. The fourth-order valence-electron chi connectivity index (χ4n) is 1.83. The Morgan fingerprint density at radius 1 is 1.39 bits per heavy atom. The van der Waals surface area contributed by atoms with E-state index >= 15 is 0 Å². The summed E-state index contributed by atoms with van der Waals surface area (Å²) in [6.07, 6.45) is 1.04. The highest BCUT2D eigenvalue weighted by Crippen LogP contribution is 2.22. The molecule has 1 atom stereocenters. The Kier molecular flexibility index (Phi) is 3.68. The molecule has 1 aliphatic rings. The van der Waals surface area contributed by atoms with Crippen LogP contribution in [0.25, 0.3) is 0 Å². The van der Waals surface area contributed by atoms with E-state index in [1.807, 2.05) is 0 Å². The van der Waals surface area contributed by atoms with Crippen LogP contribution in [0.15, 0.2) is 34.2 Å². The Labute approximate surface area is 107 Å². The van der Waals surface area contributed by atoms with Crippen LogP contribution >= 0.6 is 0 Å². The third-order valence-corrected chi connectivity index (χ3v) is 4.11. The van der Waals surface area contributed by atoms with E-state index in [4.69, 9.17) is 5.11 Å². The number of aliphatic hydroxyl groups excluding tert-OH is 1. The Balaban J connectivity index is 2.15. The van der Waals surface area contributed by atoms with Gasteiger partial charge in [0.05, 0.1) is 11.0 Å². The van der Waals surface area contributed by atoms with Crippen molar-refractivity contribution in [1.82, 2.24) is 4.72 Å². The van der Waals surface area contributed by atoms with Gasteiger partial charge in [-0.05, 0) is 31.9 Å². The molecule has 1 aromatic carbocycles. The molecule has 0 saturated heterocycles. The molecule has 0 aliphatic carbocycles. The smallest absolute Gasteiger partial charge is 0.263 e. The minimum atomic E-state index is -3.44.